The first-order chi connectivity index (χ1) is 8.36. The maximum absolute atomic E-state index is 6.27. The Labute approximate surface area is 103 Å². The number of fused-ring (bicyclic) bond motifs is 1. The molecule has 1 atom stereocenters. The maximum Gasteiger partial charge on any atom is 0.0937 e. The molecule has 0 radical (unpaired) electrons. The van der Waals surface area contributed by atoms with E-state index >= 15 is 0 Å². The molecule has 1 unspecified atom stereocenters. The van der Waals surface area contributed by atoms with Crippen LogP contribution < -0.4 is 5.73 Å². The van der Waals surface area contributed by atoms with Crippen LogP contribution in [-0.4, -0.2) is 9.97 Å². The van der Waals surface area contributed by atoms with E-state index in [0.717, 1.165) is 22.2 Å². The molecule has 0 saturated carbocycles. The second-order valence-corrected chi connectivity index (χ2v) is 4.59. The fraction of sp³-hybridized carbons (Fsp3) is 0.0769. The Morgan fingerprint density at radius 1 is 1.12 bits per heavy atom. The van der Waals surface area contributed by atoms with E-state index < -0.39 is 0 Å². The molecule has 0 spiro atoms. The van der Waals surface area contributed by atoms with Crippen LogP contribution >= 0.6 is 11.3 Å². The Morgan fingerprint density at radius 3 is 2.82 bits per heavy atom. The average molecular weight is 241 g/mol. The van der Waals surface area contributed by atoms with Crippen LogP contribution in [0, 0.1) is 0 Å². The zero-order valence-corrected chi connectivity index (χ0v) is 9.89. The van der Waals surface area contributed by atoms with Crippen molar-refractivity contribution in [3.05, 3.63) is 58.5 Å². The van der Waals surface area contributed by atoms with E-state index in [1.807, 2.05) is 29.6 Å². The monoisotopic (exact) mass is 241 g/mol. The topological polar surface area (TPSA) is 51.8 Å². The summed E-state index contributed by atoms with van der Waals surface area (Å²) in [4.78, 5) is 8.66. The van der Waals surface area contributed by atoms with Gasteiger partial charge in [0.25, 0.3) is 0 Å². The summed E-state index contributed by atoms with van der Waals surface area (Å²) in [6.45, 7) is 0. The van der Waals surface area contributed by atoms with Crippen molar-refractivity contribution in [3.63, 3.8) is 0 Å². The van der Waals surface area contributed by atoms with Crippen molar-refractivity contribution in [3.8, 4) is 0 Å². The lowest BCUT2D eigenvalue weighted by molar-refractivity contribution is 0.882. The van der Waals surface area contributed by atoms with Crippen LogP contribution in [0.15, 0.2) is 47.4 Å². The van der Waals surface area contributed by atoms with Gasteiger partial charge in [-0.2, -0.15) is 11.3 Å². The van der Waals surface area contributed by atoms with E-state index in [4.69, 9.17) is 5.73 Å². The van der Waals surface area contributed by atoms with Crippen molar-refractivity contribution < 1.29 is 0 Å². The largest absolute Gasteiger partial charge is 0.320 e. The zero-order chi connectivity index (χ0) is 11.7. The SMILES string of the molecule is NC(c1ccsc1)c1cccc2nccnc12. The summed E-state index contributed by atoms with van der Waals surface area (Å²) >= 11 is 1.65. The second-order valence-electron chi connectivity index (χ2n) is 3.81. The molecule has 17 heavy (non-hydrogen) atoms. The van der Waals surface area contributed by atoms with Crippen molar-refractivity contribution in [2.45, 2.75) is 6.04 Å². The van der Waals surface area contributed by atoms with Crippen molar-refractivity contribution >= 4 is 22.4 Å². The van der Waals surface area contributed by atoms with E-state index in [1.54, 1.807) is 23.7 Å². The van der Waals surface area contributed by atoms with Crippen LogP contribution in [0.1, 0.15) is 17.2 Å². The minimum absolute atomic E-state index is 0.137. The maximum atomic E-state index is 6.27. The third-order valence-corrected chi connectivity index (χ3v) is 3.47. The van der Waals surface area contributed by atoms with Gasteiger partial charge in [0.05, 0.1) is 17.1 Å². The second kappa shape index (κ2) is 4.24. The molecule has 0 amide bonds. The van der Waals surface area contributed by atoms with Gasteiger partial charge in [-0.1, -0.05) is 12.1 Å². The Balaban J connectivity index is 2.17. The molecule has 2 N–H and O–H groups in total. The summed E-state index contributed by atoms with van der Waals surface area (Å²) in [5.41, 5.74) is 10.2. The van der Waals surface area contributed by atoms with E-state index in [0.29, 0.717) is 0 Å². The molecule has 84 valence electrons. The summed E-state index contributed by atoms with van der Waals surface area (Å²) < 4.78 is 0. The van der Waals surface area contributed by atoms with Crippen LogP contribution in [0.5, 0.6) is 0 Å². The number of para-hydroxylation sites is 1. The normalized spacial score (nSPS) is 12.8. The van der Waals surface area contributed by atoms with Crippen molar-refractivity contribution in [1.82, 2.24) is 9.97 Å². The van der Waals surface area contributed by atoms with Gasteiger partial charge in [0, 0.05) is 18.0 Å². The quantitative estimate of drug-likeness (QED) is 0.750. The highest BCUT2D eigenvalue weighted by Gasteiger charge is 2.13. The molecular formula is C13H11N3S. The average Bonchev–Trinajstić information content (AvgIpc) is 2.91. The van der Waals surface area contributed by atoms with Gasteiger partial charge >= 0.3 is 0 Å². The standard InChI is InChI=1S/C13H11N3S/c14-12(9-4-7-17-8-9)10-2-1-3-11-13(10)16-6-5-15-11/h1-8,12H,14H2. The van der Waals surface area contributed by atoms with Crippen LogP contribution in [0.3, 0.4) is 0 Å². The number of rotatable bonds is 2. The summed E-state index contributed by atoms with van der Waals surface area (Å²) in [5, 5.41) is 4.10. The van der Waals surface area contributed by atoms with Gasteiger partial charge in [0.1, 0.15) is 0 Å². The molecule has 3 aromatic rings. The van der Waals surface area contributed by atoms with Crippen LogP contribution in [0.2, 0.25) is 0 Å². The molecule has 4 heteroatoms. The number of benzene rings is 1. The lowest BCUT2D eigenvalue weighted by atomic mass is 10.0. The van der Waals surface area contributed by atoms with Gasteiger partial charge in [-0.15, -0.1) is 0 Å². The van der Waals surface area contributed by atoms with Gasteiger partial charge in [-0.05, 0) is 28.5 Å². The van der Waals surface area contributed by atoms with Gasteiger partial charge in [0.2, 0.25) is 0 Å². The fourth-order valence-electron chi connectivity index (χ4n) is 1.90. The predicted molar refractivity (Wildman–Crippen MR) is 69.9 cm³/mol. The molecule has 2 heterocycles. The summed E-state index contributed by atoms with van der Waals surface area (Å²) in [6, 6.07) is 7.84. The number of hydrogen-bond acceptors (Lipinski definition) is 4. The van der Waals surface area contributed by atoms with E-state index in [9.17, 15) is 0 Å². The van der Waals surface area contributed by atoms with Gasteiger partial charge in [-0.3, -0.25) is 9.97 Å². The summed E-state index contributed by atoms with van der Waals surface area (Å²) in [7, 11) is 0. The first-order valence-electron chi connectivity index (χ1n) is 5.33. The third kappa shape index (κ3) is 1.81. The minimum Gasteiger partial charge on any atom is -0.320 e. The van der Waals surface area contributed by atoms with Gasteiger partial charge in [0.15, 0.2) is 0 Å². The highest BCUT2D eigenvalue weighted by atomic mass is 32.1. The van der Waals surface area contributed by atoms with Crippen LogP contribution in [0.25, 0.3) is 11.0 Å². The molecule has 3 nitrogen and oxygen atoms in total. The van der Waals surface area contributed by atoms with Crippen molar-refractivity contribution in [1.29, 1.82) is 0 Å². The molecule has 1 aromatic carbocycles. The number of hydrogen-bond donors (Lipinski definition) is 1. The van der Waals surface area contributed by atoms with Crippen LogP contribution in [0.4, 0.5) is 0 Å². The zero-order valence-electron chi connectivity index (χ0n) is 9.08. The van der Waals surface area contributed by atoms with Gasteiger partial charge < -0.3 is 5.73 Å². The highest BCUT2D eigenvalue weighted by molar-refractivity contribution is 7.08. The first kappa shape index (κ1) is 10.4. The van der Waals surface area contributed by atoms with Crippen LogP contribution in [-0.2, 0) is 0 Å². The predicted octanol–water partition coefficient (Wildman–Crippen LogP) is 2.74. The molecule has 0 saturated heterocycles. The number of nitrogens with zero attached hydrogens (tertiary/aromatic N) is 2. The van der Waals surface area contributed by atoms with Crippen molar-refractivity contribution in [2.75, 3.05) is 0 Å². The lowest BCUT2D eigenvalue weighted by Crippen LogP contribution is -2.11. The molecular weight excluding hydrogens is 230 g/mol. The number of nitrogens with two attached hydrogens (primary N) is 1. The smallest absolute Gasteiger partial charge is 0.0937 e. The Bertz CT molecular complexity index is 629. The summed E-state index contributed by atoms with van der Waals surface area (Å²) in [6.07, 6.45) is 3.40. The molecule has 2 aromatic heterocycles. The van der Waals surface area contributed by atoms with Crippen molar-refractivity contribution in [2.24, 2.45) is 5.73 Å². The highest BCUT2D eigenvalue weighted by Crippen LogP contribution is 2.26. The molecule has 0 aliphatic carbocycles. The van der Waals surface area contributed by atoms with E-state index in [-0.39, 0.29) is 6.04 Å². The molecule has 0 fully saturated rings. The Kier molecular flexibility index (Phi) is 2.59. The van der Waals surface area contributed by atoms with E-state index in [2.05, 4.69) is 15.3 Å². The first-order valence-corrected chi connectivity index (χ1v) is 6.28. The minimum atomic E-state index is -0.137. The molecule has 0 bridgehead atoms. The van der Waals surface area contributed by atoms with Gasteiger partial charge in [-0.25, -0.2) is 0 Å². The molecule has 0 aliphatic rings. The third-order valence-electron chi connectivity index (χ3n) is 2.77. The lowest BCUT2D eigenvalue weighted by Gasteiger charge is -2.12. The fourth-order valence-corrected chi connectivity index (χ4v) is 2.59. The molecule has 0 aliphatic heterocycles. The Morgan fingerprint density at radius 2 is 2.00 bits per heavy atom. The number of aromatic nitrogens is 2. The summed E-state index contributed by atoms with van der Waals surface area (Å²) in [5.74, 6) is 0. The Hall–Kier alpha value is -1.78. The molecule has 3 rings (SSSR count). The number of thiophene rings is 1. The van der Waals surface area contributed by atoms with E-state index in [1.165, 1.54) is 0 Å².